The minimum atomic E-state index is -4.34. The molecule has 1 fully saturated rings. The fourth-order valence-electron chi connectivity index (χ4n) is 4.53. The van der Waals surface area contributed by atoms with Crippen molar-refractivity contribution in [3.05, 3.63) is 59.2 Å². The van der Waals surface area contributed by atoms with Gasteiger partial charge in [0.05, 0.1) is 0 Å². The molecule has 2 unspecified atom stereocenters. The molecule has 5 heteroatoms. The van der Waals surface area contributed by atoms with Crippen LogP contribution in [-0.4, -0.2) is 13.0 Å². The second-order valence-electron chi connectivity index (χ2n) is 8.53. The highest BCUT2D eigenvalue weighted by atomic mass is 32.2. The van der Waals surface area contributed by atoms with Crippen molar-refractivity contribution in [3.63, 3.8) is 0 Å². The van der Waals surface area contributed by atoms with Crippen LogP contribution < -0.4 is 4.74 Å². The normalized spacial score (nSPS) is 23.7. The molecule has 2 aromatic rings. The first-order valence-electron chi connectivity index (χ1n) is 10.6. The van der Waals surface area contributed by atoms with E-state index in [1.54, 1.807) is 12.1 Å². The maximum atomic E-state index is 12.9. The Morgan fingerprint density at radius 2 is 1.66 bits per heavy atom. The summed E-state index contributed by atoms with van der Waals surface area (Å²) < 4.78 is 41.1. The number of hydrogen-bond donors (Lipinski definition) is 1. The molecule has 29 heavy (non-hydrogen) atoms. The molecule has 0 bridgehead atoms. The van der Waals surface area contributed by atoms with Gasteiger partial charge in [0.15, 0.2) is 0 Å². The molecule has 1 aliphatic rings. The first kappa shape index (κ1) is 21.8. The van der Waals surface area contributed by atoms with Crippen molar-refractivity contribution in [1.29, 1.82) is 0 Å². The highest BCUT2D eigenvalue weighted by molar-refractivity contribution is 7.86. The Balaban J connectivity index is 2.13. The molecule has 158 valence electrons. The Bertz CT molecular complexity index is 951. The summed E-state index contributed by atoms with van der Waals surface area (Å²) in [6, 6.07) is 13.1. The van der Waals surface area contributed by atoms with E-state index in [0.717, 1.165) is 43.2 Å². The molecule has 2 atom stereocenters. The van der Waals surface area contributed by atoms with Gasteiger partial charge in [-0.15, -0.1) is 0 Å². The number of aryl methyl sites for hydroxylation is 1. The SMILES string of the molecule is Cc1cccc(Oc2ccccc2C2(S(=O)(=O)O)CCCCCCC(C)C2)c1C. The predicted octanol–water partition coefficient (Wildman–Crippen LogP) is 6.56. The van der Waals surface area contributed by atoms with Crippen molar-refractivity contribution in [3.8, 4) is 11.5 Å². The van der Waals surface area contributed by atoms with Gasteiger partial charge in [-0.2, -0.15) is 8.42 Å². The smallest absolute Gasteiger partial charge is 0.275 e. The molecule has 0 saturated heterocycles. The van der Waals surface area contributed by atoms with Crippen LogP contribution in [0.5, 0.6) is 11.5 Å². The largest absolute Gasteiger partial charge is 0.457 e. The van der Waals surface area contributed by atoms with Crippen molar-refractivity contribution in [2.24, 2.45) is 5.92 Å². The van der Waals surface area contributed by atoms with Gasteiger partial charge in [-0.1, -0.05) is 69.4 Å². The topological polar surface area (TPSA) is 63.6 Å². The summed E-state index contributed by atoms with van der Waals surface area (Å²) in [5.74, 6) is 1.41. The third-order valence-corrected chi connectivity index (χ3v) is 7.93. The van der Waals surface area contributed by atoms with Gasteiger partial charge >= 0.3 is 0 Å². The molecule has 0 spiro atoms. The van der Waals surface area contributed by atoms with E-state index in [1.165, 1.54) is 0 Å². The van der Waals surface area contributed by atoms with E-state index in [1.807, 2.05) is 44.2 Å². The lowest BCUT2D eigenvalue weighted by molar-refractivity contribution is 0.337. The number of benzene rings is 2. The average Bonchev–Trinajstić information content (AvgIpc) is 2.76. The molecule has 0 aromatic heterocycles. The lowest BCUT2D eigenvalue weighted by atomic mass is 9.84. The first-order chi connectivity index (χ1) is 13.7. The van der Waals surface area contributed by atoms with E-state index >= 15 is 0 Å². The molecule has 0 heterocycles. The van der Waals surface area contributed by atoms with Crippen LogP contribution in [0.25, 0.3) is 0 Å². The number of hydrogen-bond acceptors (Lipinski definition) is 3. The zero-order chi connectivity index (χ0) is 21.1. The highest BCUT2D eigenvalue weighted by Crippen LogP contribution is 2.47. The minimum Gasteiger partial charge on any atom is -0.457 e. The molecule has 1 N–H and O–H groups in total. The monoisotopic (exact) mass is 416 g/mol. The second kappa shape index (κ2) is 8.88. The van der Waals surface area contributed by atoms with Gasteiger partial charge in [0, 0.05) is 5.56 Å². The van der Waals surface area contributed by atoms with Crippen LogP contribution in [0.3, 0.4) is 0 Å². The third-order valence-electron chi connectivity index (χ3n) is 6.35. The van der Waals surface area contributed by atoms with Gasteiger partial charge in [0.1, 0.15) is 16.2 Å². The summed E-state index contributed by atoms with van der Waals surface area (Å²) in [7, 11) is -4.34. The quantitative estimate of drug-likeness (QED) is 0.573. The molecule has 0 radical (unpaired) electrons. The molecule has 1 saturated carbocycles. The molecule has 0 amide bonds. The summed E-state index contributed by atoms with van der Waals surface area (Å²) in [5.41, 5.74) is 2.70. The molecule has 4 nitrogen and oxygen atoms in total. The van der Waals surface area contributed by atoms with Crippen molar-refractivity contribution in [1.82, 2.24) is 0 Å². The van der Waals surface area contributed by atoms with E-state index < -0.39 is 14.9 Å². The predicted molar refractivity (Wildman–Crippen MR) is 117 cm³/mol. The number of para-hydroxylation sites is 1. The number of rotatable bonds is 4. The third kappa shape index (κ3) is 4.67. The Labute approximate surface area is 175 Å². The van der Waals surface area contributed by atoms with Crippen LogP contribution >= 0.6 is 0 Å². The molecule has 0 aliphatic heterocycles. The second-order valence-corrected chi connectivity index (χ2v) is 10.3. The maximum absolute atomic E-state index is 12.9. The fourth-order valence-corrected chi connectivity index (χ4v) is 5.87. The van der Waals surface area contributed by atoms with Gasteiger partial charge in [-0.25, -0.2) is 0 Å². The van der Waals surface area contributed by atoms with E-state index in [2.05, 4.69) is 6.92 Å². The lowest BCUT2D eigenvalue weighted by Crippen LogP contribution is -2.37. The van der Waals surface area contributed by atoms with E-state index in [0.29, 0.717) is 29.9 Å². The molecular formula is C24H32O4S. The van der Waals surface area contributed by atoms with Crippen LogP contribution in [0.15, 0.2) is 42.5 Å². The standard InChI is InChI=1S/C24H32O4S/c1-18-11-6-4-5-9-16-24(17-18,29(25,26)27)21-13-7-8-14-23(21)28-22-15-10-12-19(2)20(22)3/h7-8,10,12-15,18H,4-6,9,11,16-17H2,1-3H3,(H,25,26,27). The van der Waals surface area contributed by atoms with Crippen molar-refractivity contribution in [2.75, 3.05) is 0 Å². The van der Waals surface area contributed by atoms with Crippen LogP contribution in [0.2, 0.25) is 0 Å². The van der Waals surface area contributed by atoms with Crippen molar-refractivity contribution < 1.29 is 17.7 Å². The molecular weight excluding hydrogens is 384 g/mol. The average molecular weight is 417 g/mol. The van der Waals surface area contributed by atoms with E-state index in [-0.39, 0.29) is 5.92 Å². The van der Waals surface area contributed by atoms with Gasteiger partial charge in [-0.05, 0) is 55.9 Å². The van der Waals surface area contributed by atoms with Crippen LogP contribution in [0, 0.1) is 19.8 Å². The Hall–Kier alpha value is -1.85. The summed E-state index contributed by atoms with van der Waals surface area (Å²) in [6.07, 6.45) is 5.73. The van der Waals surface area contributed by atoms with Gasteiger partial charge in [-0.3, -0.25) is 4.55 Å². The molecule has 2 aromatic carbocycles. The Kier molecular flexibility index (Phi) is 6.69. The molecule has 3 rings (SSSR count). The van der Waals surface area contributed by atoms with Gasteiger partial charge < -0.3 is 4.74 Å². The first-order valence-corrected chi connectivity index (χ1v) is 12.0. The fraction of sp³-hybridized carbons (Fsp3) is 0.500. The van der Waals surface area contributed by atoms with Gasteiger partial charge in [0.25, 0.3) is 10.1 Å². The Morgan fingerprint density at radius 3 is 2.41 bits per heavy atom. The van der Waals surface area contributed by atoms with Crippen molar-refractivity contribution in [2.45, 2.75) is 70.5 Å². The zero-order valence-corrected chi connectivity index (χ0v) is 18.5. The van der Waals surface area contributed by atoms with Crippen LogP contribution in [-0.2, 0) is 14.9 Å². The summed E-state index contributed by atoms with van der Waals surface area (Å²) in [6.45, 7) is 6.10. The van der Waals surface area contributed by atoms with Gasteiger partial charge in [0.2, 0.25) is 0 Å². The minimum absolute atomic E-state index is 0.198. The molecule has 1 aliphatic carbocycles. The Morgan fingerprint density at radius 1 is 0.966 bits per heavy atom. The lowest BCUT2D eigenvalue weighted by Gasteiger charge is -2.34. The highest BCUT2D eigenvalue weighted by Gasteiger charge is 2.47. The van der Waals surface area contributed by atoms with Crippen LogP contribution in [0.4, 0.5) is 0 Å². The summed E-state index contributed by atoms with van der Waals surface area (Å²) in [4.78, 5) is 0. The van der Waals surface area contributed by atoms with E-state index in [4.69, 9.17) is 4.74 Å². The maximum Gasteiger partial charge on any atom is 0.275 e. The summed E-state index contributed by atoms with van der Waals surface area (Å²) in [5, 5.41) is 0. The van der Waals surface area contributed by atoms with E-state index in [9.17, 15) is 13.0 Å². The van der Waals surface area contributed by atoms with Crippen molar-refractivity contribution >= 4 is 10.1 Å². The summed E-state index contributed by atoms with van der Waals surface area (Å²) >= 11 is 0. The zero-order valence-electron chi connectivity index (χ0n) is 17.6. The number of ether oxygens (including phenoxy) is 1. The van der Waals surface area contributed by atoms with Crippen LogP contribution in [0.1, 0.15) is 68.6 Å².